The Balaban J connectivity index is 1.47. The lowest BCUT2D eigenvalue weighted by molar-refractivity contribution is -0.154. The summed E-state index contributed by atoms with van der Waals surface area (Å²) in [6, 6.07) is 20.9. The van der Waals surface area contributed by atoms with Crippen molar-refractivity contribution >= 4 is 34.2 Å². The topological polar surface area (TPSA) is 96.4 Å². The lowest BCUT2D eigenvalue weighted by atomic mass is 9.70. The number of aliphatic hydroxyl groups is 1. The van der Waals surface area contributed by atoms with Crippen LogP contribution in [0.15, 0.2) is 98.1 Å². The predicted octanol–water partition coefficient (Wildman–Crippen LogP) is 4.20. The maximum atomic E-state index is 14.8. The fourth-order valence-electron chi connectivity index (χ4n) is 7.18. The van der Waals surface area contributed by atoms with Crippen LogP contribution < -0.4 is 4.90 Å². The molecule has 8 nitrogen and oxygen atoms in total. The molecule has 2 bridgehead atoms. The van der Waals surface area contributed by atoms with E-state index in [2.05, 4.69) is 13.2 Å². The summed E-state index contributed by atoms with van der Waals surface area (Å²) in [7, 11) is 0. The number of anilines is 1. The average molecular weight is 567 g/mol. The van der Waals surface area contributed by atoms with E-state index in [-0.39, 0.29) is 19.1 Å². The van der Waals surface area contributed by atoms with E-state index in [0.29, 0.717) is 24.1 Å². The molecule has 8 heteroatoms. The minimum Gasteiger partial charge on any atom is -0.461 e. The Hall–Kier alpha value is -4.27. The number of carbonyl (C=O) groups excluding carboxylic acids is 3. The Morgan fingerprint density at radius 3 is 2.52 bits per heavy atom. The zero-order valence-electron chi connectivity index (χ0n) is 23.3. The number of ether oxygens (including phenoxy) is 2. The van der Waals surface area contributed by atoms with E-state index in [0.717, 1.165) is 10.8 Å². The molecule has 3 heterocycles. The maximum absolute atomic E-state index is 14.8. The van der Waals surface area contributed by atoms with Crippen molar-refractivity contribution in [1.29, 1.82) is 0 Å². The number of fused-ring (bicyclic) bond motifs is 2. The van der Waals surface area contributed by atoms with Crippen LogP contribution >= 0.6 is 0 Å². The minimum absolute atomic E-state index is 0.0143. The van der Waals surface area contributed by atoms with Crippen molar-refractivity contribution in [1.82, 2.24) is 4.90 Å². The van der Waals surface area contributed by atoms with E-state index in [1.165, 1.54) is 11.0 Å². The molecule has 1 N–H and O–H groups in total. The number of nitrogens with zero attached hydrogens (tertiary/aromatic N) is 2. The number of hydrogen-bond donors (Lipinski definition) is 1. The van der Waals surface area contributed by atoms with Gasteiger partial charge in [-0.3, -0.25) is 14.4 Å². The Bertz CT molecular complexity index is 1540. The van der Waals surface area contributed by atoms with Gasteiger partial charge in [-0.25, -0.2) is 0 Å². The van der Waals surface area contributed by atoms with Crippen molar-refractivity contribution < 1.29 is 29.0 Å². The highest BCUT2D eigenvalue weighted by molar-refractivity contribution is 6.05. The molecular weight excluding hydrogens is 532 g/mol. The van der Waals surface area contributed by atoms with E-state index in [1.807, 2.05) is 72.8 Å². The molecule has 2 unspecified atom stereocenters. The third-order valence-corrected chi connectivity index (χ3v) is 8.90. The number of amides is 2. The first kappa shape index (κ1) is 27.9. The molecule has 3 fully saturated rings. The zero-order valence-corrected chi connectivity index (χ0v) is 23.3. The highest BCUT2D eigenvalue weighted by Gasteiger charge is 2.75. The first-order valence-corrected chi connectivity index (χ1v) is 14.3. The van der Waals surface area contributed by atoms with Gasteiger partial charge in [0.25, 0.3) is 5.91 Å². The average Bonchev–Trinajstić information content (AvgIpc) is 3.67. The van der Waals surface area contributed by atoms with Gasteiger partial charge < -0.3 is 24.4 Å². The fourth-order valence-corrected chi connectivity index (χ4v) is 7.18. The first-order valence-electron chi connectivity index (χ1n) is 14.3. The standard InChI is InChI=1S/C34H34N2O6/c1-3-18-35(25-15-14-22-10-8-9-13-24(22)20-25)32(39)30-34-17-16-27(42-34)28(33(40)41-19-4-2)29(34)31(38)36(30)26(21-37)23-11-6-5-7-12-23/h3-15,20,26-30,37H,1-2,16-19,21H2/t26-,27-,28+,29+,30?,34?/m1/s1. The molecule has 3 aliphatic heterocycles. The molecule has 216 valence electrons. The van der Waals surface area contributed by atoms with E-state index in [4.69, 9.17) is 9.47 Å². The minimum atomic E-state index is -1.24. The smallest absolute Gasteiger partial charge is 0.312 e. The van der Waals surface area contributed by atoms with Crippen molar-refractivity contribution in [3.63, 3.8) is 0 Å². The summed E-state index contributed by atoms with van der Waals surface area (Å²) in [6.45, 7) is 7.31. The number of hydrogen-bond acceptors (Lipinski definition) is 6. The van der Waals surface area contributed by atoms with Gasteiger partial charge in [-0.15, -0.1) is 6.58 Å². The Labute approximate surface area is 244 Å². The highest BCUT2D eigenvalue weighted by atomic mass is 16.6. The van der Waals surface area contributed by atoms with E-state index >= 15 is 0 Å². The number of benzene rings is 3. The lowest BCUT2D eigenvalue weighted by Crippen LogP contribution is -2.57. The summed E-state index contributed by atoms with van der Waals surface area (Å²) in [5.41, 5.74) is 0.0965. The molecule has 6 rings (SSSR count). The van der Waals surface area contributed by atoms with Crippen LogP contribution in [0.1, 0.15) is 24.4 Å². The molecule has 1 spiro atoms. The summed E-state index contributed by atoms with van der Waals surface area (Å²) < 4.78 is 12.0. The number of carbonyl (C=O) groups is 3. The summed E-state index contributed by atoms with van der Waals surface area (Å²) in [5, 5.41) is 12.7. The van der Waals surface area contributed by atoms with Gasteiger partial charge in [0.1, 0.15) is 18.2 Å². The van der Waals surface area contributed by atoms with Gasteiger partial charge in [0.15, 0.2) is 0 Å². The molecular formula is C34H34N2O6. The van der Waals surface area contributed by atoms with Crippen molar-refractivity contribution in [3.05, 3.63) is 104 Å². The SMILES string of the molecule is C=CCOC(=O)[C@@H]1[C@H]2C(=O)N([C@H](CO)c3ccccc3)C(C(=O)N(CC=C)c3ccc4ccccc4c3)C23CC[C@H]1O3. The predicted molar refractivity (Wildman–Crippen MR) is 158 cm³/mol. The molecule has 3 aromatic rings. The number of aliphatic hydroxyl groups excluding tert-OH is 1. The van der Waals surface area contributed by atoms with Crippen LogP contribution in [0.2, 0.25) is 0 Å². The van der Waals surface area contributed by atoms with Crippen LogP contribution in [0.3, 0.4) is 0 Å². The largest absolute Gasteiger partial charge is 0.461 e. The van der Waals surface area contributed by atoms with E-state index in [1.54, 1.807) is 11.0 Å². The van der Waals surface area contributed by atoms with Crippen LogP contribution in [-0.4, -0.2) is 65.3 Å². The normalized spacial score (nSPS) is 26.6. The Morgan fingerprint density at radius 1 is 1.07 bits per heavy atom. The number of esters is 1. The van der Waals surface area contributed by atoms with Gasteiger partial charge in [0.05, 0.1) is 30.6 Å². The zero-order chi connectivity index (χ0) is 29.4. The van der Waals surface area contributed by atoms with E-state index < -0.39 is 54.1 Å². The summed E-state index contributed by atoms with van der Waals surface area (Å²) in [6.07, 6.45) is 3.53. The van der Waals surface area contributed by atoms with Gasteiger partial charge in [0.2, 0.25) is 5.91 Å². The second-order valence-corrected chi connectivity index (χ2v) is 11.1. The third kappa shape index (κ3) is 4.33. The molecule has 42 heavy (non-hydrogen) atoms. The summed E-state index contributed by atoms with van der Waals surface area (Å²) in [4.78, 5) is 45.7. The lowest BCUT2D eigenvalue weighted by Gasteiger charge is -2.39. The quantitative estimate of drug-likeness (QED) is 0.292. The number of rotatable bonds is 10. The third-order valence-electron chi connectivity index (χ3n) is 8.90. The first-order chi connectivity index (χ1) is 20.4. The number of likely N-dealkylation sites (tertiary alicyclic amines) is 1. The van der Waals surface area contributed by atoms with Crippen molar-refractivity contribution in [2.75, 3.05) is 24.7 Å². The Kier molecular flexibility index (Phi) is 7.43. The second kappa shape index (κ2) is 11.2. The maximum Gasteiger partial charge on any atom is 0.312 e. The molecule has 0 radical (unpaired) electrons. The molecule has 0 aromatic heterocycles. The molecule has 3 aromatic carbocycles. The van der Waals surface area contributed by atoms with Gasteiger partial charge in [-0.05, 0) is 41.3 Å². The van der Waals surface area contributed by atoms with Crippen LogP contribution in [-0.2, 0) is 23.9 Å². The van der Waals surface area contributed by atoms with Crippen LogP contribution in [0.4, 0.5) is 5.69 Å². The van der Waals surface area contributed by atoms with Crippen molar-refractivity contribution in [2.24, 2.45) is 11.8 Å². The molecule has 6 atom stereocenters. The summed E-state index contributed by atoms with van der Waals surface area (Å²) in [5.74, 6) is -3.05. The second-order valence-electron chi connectivity index (χ2n) is 11.1. The molecule has 2 amide bonds. The highest BCUT2D eigenvalue weighted by Crippen LogP contribution is 2.60. The van der Waals surface area contributed by atoms with Gasteiger partial charge in [-0.2, -0.15) is 0 Å². The fraction of sp³-hybridized carbons (Fsp3) is 0.324. The van der Waals surface area contributed by atoms with Gasteiger partial charge in [-0.1, -0.05) is 79.4 Å². The molecule has 3 aliphatic rings. The molecule has 0 aliphatic carbocycles. The van der Waals surface area contributed by atoms with Crippen molar-refractivity contribution in [2.45, 2.75) is 36.6 Å². The van der Waals surface area contributed by atoms with Crippen LogP contribution in [0, 0.1) is 11.8 Å². The van der Waals surface area contributed by atoms with Crippen LogP contribution in [0.25, 0.3) is 10.8 Å². The monoisotopic (exact) mass is 566 g/mol. The molecule has 3 saturated heterocycles. The summed E-state index contributed by atoms with van der Waals surface area (Å²) >= 11 is 0. The van der Waals surface area contributed by atoms with Crippen LogP contribution in [0.5, 0.6) is 0 Å². The van der Waals surface area contributed by atoms with E-state index in [9.17, 15) is 19.5 Å². The van der Waals surface area contributed by atoms with Gasteiger partial charge in [0, 0.05) is 12.2 Å². The van der Waals surface area contributed by atoms with Crippen molar-refractivity contribution in [3.8, 4) is 0 Å². The Morgan fingerprint density at radius 2 is 1.81 bits per heavy atom. The van der Waals surface area contributed by atoms with Gasteiger partial charge >= 0.3 is 5.97 Å². The molecule has 0 saturated carbocycles.